The summed E-state index contributed by atoms with van der Waals surface area (Å²) >= 11 is 7.20. The van der Waals surface area contributed by atoms with Crippen LogP contribution in [-0.2, 0) is 20.5 Å². The Hall–Kier alpha value is -0.990. The molecule has 0 aliphatic carbocycles. The van der Waals surface area contributed by atoms with Crippen LogP contribution >= 0.6 is 22.9 Å². The summed E-state index contributed by atoms with van der Waals surface area (Å²) in [5.41, 5.74) is 3.00. The van der Waals surface area contributed by atoms with Gasteiger partial charge in [-0.05, 0) is 17.7 Å². The predicted octanol–water partition coefficient (Wildman–Crippen LogP) is 2.60. The van der Waals surface area contributed by atoms with Crippen LogP contribution in [0.3, 0.4) is 0 Å². The number of benzene rings is 1. The van der Waals surface area contributed by atoms with Crippen LogP contribution in [0.4, 0.5) is 0 Å². The first-order valence-corrected chi connectivity index (χ1v) is 9.10. The summed E-state index contributed by atoms with van der Waals surface area (Å²) < 4.78 is 31.8. The van der Waals surface area contributed by atoms with E-state index in [0.717, 1.165) is 5.56 Å². The van der Waals surface area contributed by atoms with Gasteiger partial charge < -0.3 is 4.74 Å². The van der Waals surface area contributed by atoms with Crippen molar-refractivity contribution in [1.29, 1.82) is 0 Å². The van der Waals surface area contributed by atoms with Crippen LogP contribution < -0.4 is 4.72 Å². The largest absolute Gasteiger partial charge is 0.375 e. The molecule has 0 radical (unpaired) electrons. The maximum absolute atomic E-state index is 12.0. The minimum Gasteiger partial charge on any atom is -0.375 e. The Kier molecular flexibility index (Phi) is 5.72. The number of nitrogens with one attached hydrogen (secondary N) is 1. The number of ether oxygens (including phenoxy) is 1. The first-order valence-electron chi connectivity index (χ1n) is 6.13. The van der Waals surface area contributed by atoms with Crippen LogP contribution in [-0.4, -0.2) is 27.1 Å². The van der Waals surface area contributed by atoms with E-state index in [1.54, 1.807) is 23.0 Å². The highest BCUT2D eigenvalue weighted by Crippen LogP contribution is 2.19. The zero-order valence-electron chi connectivity index (χ0n) is 11.3. The van der Waals surface area contributed by atoms with Crippen molar-refractivity contribution in [1.82, 2.24) is 9.71 Å². The van der Waals surface area contributed by atoms with E-state index in [0.29, 0.717) is 10.7 Å². The lowest BCUT2D eigenvalue weighted by atomic mass is 10.1. The number of hydrogen-bond donors (Lipinski definition) is 1. The van der Waals surface area contributed by atoms with Gasteiger partial charge in [0.1, 0.15) is 5.75 Å². The van der Waals surface area contributed by atoms with E-state index >= 15 is 0 Å². The van der Waals surface area contributed by atoms with E-state index in [-0.39, 0.29) is 18.4 Å². The van der Waals surface area contributed by atoms with Crippen molar-refractivity contribution in [2.24, 2.45) is 0 Å². The molecule has 0 bridgehead atoms. The molecule has 0 fully saturated rings. The number of nitrogens with zero attached hydrogens (tertiary/aromatic N) is 1. The normalized spacial score (nSPS) is 13.2. The van der Waals surface area contributed by atoms with Crippen LogP contribution in [0.15, 0.2) is 35.2 Å². The van der Waals surface area contributed by atoms with Gasteiger partial charge in [-0.2, -0.15) is 0 Å². The van der Waals surface area contributed by atoms with Crippen molar-refractivity contribution >= 4 is 33.0 Å². The van der Waals surface area contributed by atoms with E-state index in [2.05, 4.69) is 9.71 Å². The smallest absolute Gasteiger partial charge is 0.217 e. The number of sulfonamides is 1. The van der Waals surface area contributed by atoms with Crippen LogP contribution in [0, 0.1) is 0 Å². The molecule has 114 valence electrons. The molecule has 0 saturated heterocycles. The topological polar surface area (TPSA) is 68.3 Å². The van der Waals surface area contributed by atoms with Gasteiger partial charge in [-0.25, -0.2) is 18.1 Å². The molecule has 21 heavy (non-hydrogen) atoms. The quantitative estimate of drug-likeness (QED) is 0.836. The Morgan fingerprint density at radius 2 is 2.10 bits per heavy atom. The summed E-state index contributed by atoms with van der Waals surface area (Å²) in [4.78, 5) is 3.97. The molecule has 1 aromatic heterocycles. The highest BCUT2D eigenvalue weighted by atomic mass is 35.5. The summed E-state index contributed by atoms with van der Waals surface area (Å²) in [5, 5.41) is 2.34. The fourth-order valence-electron chi connectivity index (χ4n) is 1.77. The summed E-state index contributed by atoms with van der Waals surface area (Å²) in [6.07, 6.45) is -0.368. The minimum absolute atomic E-state index is 0.131. The first-order chi connectivity index (χ1) is 10.00. The number of aromatic nitrogens is 1. The molecule has 1 aromatic carbocycles. The Balaban J connectivity index is 1.97. The van der Waals surface area contributed by atoms with Crippen molar-refractivity contribution < 1.29 is 13.2 Å². The molecule has 0 amide bonds. The molecule has 1 unspecified atom stereocenters. The number of halogens is 1. The fourth-order valence-corrected chi connectivity index (χ4v) is 3.62. The molecule has 2 rings (SSSR count). The van der Waals surface area contributed by atoms with Gasteiger partial charge in [-0.1, -0.05) is 23.7 Å². The summed E-state index contributed by atoms with van der Waals surface area (Å²) in [6, 6.07) is 7.11. The lowest BCUT2D eigenvalue weighted by molar-refractivity contribution is 0.107. The SMILES string of the molecule is COC(CNS(=O)(=O)Cc1cscn1)c1ccc(Cl)cc1. The molecule has 2 aromatic rings. The third-order valence-corrected chi connectivity index (χ3v) is 5.01. The van der Waals surface area contributed by atoms with Gasteiger partial charge in [0.2, 0.25) is 10.0 Å². The second-order valence-electron chi connectivity index (χ2n) is 4.36. The van der Waals surface area contributed by atoms with Crippen molar-refractivity contribution in [2.75, 3.05) is 13.7 Å². The van der Waals surface area contributed by atoms with Gasteiger partial charge in [-0.15, -0.1) is 11.3 Å². The Morgan fingerprint density at radius 3 is 2.67 bits per heavy atom. The zero-order valence-corrected chi connectivity index (χ0v) is 13.7. The van der Waals surface area contributed by atoms with Gasteiger partial charge in [-0.3, -0.25) is 0 Å². The molecule has 1 atom stereocenters. The third-order valence-electron chi connectivity index (χ3n) is 2.84. The van der Waals surface area contributed by atoms with Crippen molar-refractivity contribution in [3.05, 3.63) is 51.4 Å². The molecule has 0 saturated carbocycles. The molecule has 1 heterocycles. The third kappa shape index (κ3) is 5.05. The highest BCUT2D eigenvalue weighted by Gasteiger charge is 2.17. The van der Waals surface area contributed by atoms with Crippen molar-refractivity contribution in [3.8, 4) is 0 Å². The van der Waals surface area contributed by atoms with Gasteiger partial charge in [0, 0.05) is 24.1 Å². The van der Waals surface area contributed by atoms with Crippen LogP contribution in [0.1, 0.15) is 17.4 Å². The molecule has 0 aliphatic heterocycles. The Morgan fingerprint density at radius 1 is 1.38 bits per heavy atom. The van der Waals surface area contributed by atoms with Gasteiger partial charge in [0.15, 0.2) is 0 Å². The zero-order chi connectivity index (χ0) is 15.3. The number of hydrogen-bond acceptors (Lipinski definition) is 5. The average molecular weight is 347 g/mol. The van der Waals surface area contributed by atoms with Gasteiger partial charge in [0.25, 0.3) is 0 Å². The second kappa shape index (κ2) is 7.33. The van der Waals surface area contributed by atoms with Gasteiger partial charge >= 0.3 is 0 Å². The standard InChI is InChI=1S/C13H15ClN2O3S2/c1-19-13(10-2-4-11(14)5-3-10)6-16-21(17,18)8-12-7-20-9-15-12/h2-5,7,9,13,16H,6,8H2,1H3. The maximum atomic E-state index is 12.0. The van der Waals surface area contributed by atoms with Crippen LogP contribution in [0.2, 0.25) is 5.02 Å². The fraction of sp³-hybridized carbons (Fsp3) is 0.308. The van der Waals surface area contributed by atoms with E-state index < -0.39 is 10.0 Å². The van der Waals surface area contributed by atoms with E-state index in [1.165, 1.54) is 18.4 Å². The Labute approximate surface area is 133 Å². The molecule has 1 N–H and O–H groups in total. The minimum atomic E-state index is -3.44. The Bertz CT molecular complexity index is 657. The molecule has 0 spiro atoms. The number of methoxy groups -OCH3 is 1. The number of rotatable bonds is 7. The molecular weight excluding hydrogens is 332 g/mol. The van der Waals surface area contributed by atoms with Crippen molar-refractivity contribution in [3.63, 3.8) is 0 Å². The summed E-state index contributed by atoms with van der Waals surface area (Å²) in [7, 11) is -1.90. The maximum Gasteiger partial charge on any atom is 0.217 e. The summed E-state index contributed by atoms with van der Waals surface area (Å²) in [5.74, 6) is -0.131. The van der Waals surface area contributed by atoms with Gasteiger partial charge in [0.05, 0.1) is 17.3 Å². The highest BCUT2D eigenvalue weighted by molar-refractivity contribution is 7.88. The predicted molar refractivity (Wildman–Crippen MR) is 83.9 cm³/mol. The first kappa shape index (κ1) is 16.4. The number of thiazole rings is 1. The summed E-state index contributed by atoms with van der Waals surface area (Å²) in [6.45, 7) is 0.157. The second-order valence-corrected chi connectivity index (χ2v) is 7.33. The van der Waals surface area contributed by atoms with E-state index in [4.69, 9.17) is 16.3 Å². The van der Waals surface area contributed by atoms with Crippen molar-refractivity contribution in [2.45, 2.75) is 11.9 Å². The lowest BCUT2D eigenvalue weighted by Crippen LogP contribution is -2.30. The monoisotopic (exact) mass is 346 g/mol. The van der Waals surface area contributed by atoms with Crippen LogP contribution in [0.5, 0.6) is 0 Å². The molecule has 5 nitrogen and oxygen atoms in total. The molecule has 0 aliphatic rings. The molecular formula is C13H15ClN2O3S2. The molecule has 8 heteroatoms. The lowest BCUT2D eigenvalue weighted by Gasteiger charge is -2.16. The van der Waals surface area contributed by atoms with Crippen LogP contribution in [0.25, 0.3) is 0 Å². The van der Waals surface area contributed by atoms with E-state index in [9.17, 15) is 8.42 Å². The van der Waals surface area contributed by atoms with E-state index in [1.807, 2.05) is 12.1 Å². The average Bonchev–Trinajstić information content (AvgIpc) is 2.93.